The molecule has 0 N–H and O–H groups in total. The van der Waals surface area contributed by atoms with Crippen LogP contribution in [0.25, 0.3) is 0 Å². The molecule has 26 heavy (non-hydrogen) atoms. The summed E-state index contributed by atoms with van der Waals surface area (Å²) < 4.78 is 67.6. The van der Waals surface area contributed by atoms with Crippen molar-refractivity contribution in [3.63, 3.8) is 0 Å². The highest BCUT2D eigenvalue weighted by atomic mass is 19.2. The van der Waals surface area contributed by atoms with Gasteiger partial charge >= 0.3 is 0 Å². The molecule has 1 aromatic rings. The van der Waals surface area contributed by atoms with Crippen molar-refractivity contribution >= 4 is 11.8 Å². The molecule has 0 saturated carbocycles. The van der Waals surface area contributed by atoms with Crippen LogP contribution in [-0.2, 0) is 9.47 Å². The predicted octanol–water partition coefficient (Wildman–Crippen LogP) is 1.19. The molecular formula is C16H16F4N2O4. The normalized spacial score (nSPS) is 18.2. The van der Waals surface area contributed by atoms with E-state index in [1.807, 2.05) is 0 Å². The third-order valence-corrected chi connectivity index (χ3v) is 4.29. The molecule has 0 aromatic heterocycles. The molecule has 10 heteroatoms. The van der Waals surface area contributed by atoms with Gasteiger partial charge in [-0.05, 0) is 0 Å². The topological polar surface area (TPSA) is 59.1 Å². The van der Waals surface area contributed by atoms with Gasteiger partial charge in [0.15, 0.2) is 23.3 Å². The van der Waals surface area contributed by atoms with E-state index in [1.54, 1.807) is 0 Å². The summed E-state index contributed by atoms with van der Waals surface area (Å²) in [4.78, 5) is 26.6. The number of morpholine rings is 2. The van der Waals surface area contributed by atoms with Gasteiger partial charge < -0.3 is 19.3 Å². The quantitative estimate of drug-likeness (QED) is 0.575. The summed E-state index contributed by atoms with van der Waals surface area (Å²) in [5.74, 6) is -9.89. The van der Waals surface area contributed by atoms with Gasteiger partial charge in [-0.2, -0.15) is 0 Å². The third-order valence-electron chi connectivity index (χ3n) is 4.29. The lowest BCUT2D eigenvalue weighted by Gasteiger charge is -2.28. The van der Waals surface area contributed by atoms with Crippen LogP contribution in [0.2, 0.25) is 0 Å². The fraction of sp³-hybridized carbons (Fsp3) is 0.500. The Balaban J connectivity index is 1.99. The zero-order valence-corrected chi connectivity index (χ0v) is 13.7. The maximum Gasteiger partial charge on any atom is 0.260 e. The van der Waals surface area contributed by atoms with Crippen LogP contribution in [0.5, 0.6) is 0 Å². The number of benzene rings is 1. The number of carbonyl (C=O) groups is 2. The average Bonchev–Trinajstić information content (AvgIpc) is 2.68. The number of halogens is 4. The first kappa shape index (κ1) is 18.6. The van der Waals surface area contributed by atoms with Crippen molar-refractivity contribution in [3.8, 4) is 0 Å². The van der Waals surface area contributed by atoms with Crippen LogP contribution in [-0.4, -0.2) is 74.2 Å². The molecular weight excluding hydrogens is 360 g/mol. The van der Waals surface area contributed by atoms with E-state index in [0.717, 1.165) is 9.80 Å². The Morgan fingerprint density at radius 3 is 1.15 bits per heavy atom. The van der Waals surface area contributed by atoms with Crippen molar-refractivity contribution in [1.82, 2.24) is 9.80 Å². The number of ether oxygens (including phenoxy) is 2. The average molecular weight is 376 g/mol. The first-order valence-corrected chi connectivity index (χ1v) is 8.03. The number of nitrogens with zero attached hydrogens (tertiary/aromatic N) is 2. The zero-order chi connectivity index (χ0) is 18.8. The molecule has 2 aliphatic heterocycles. The third kappa shape index (κ3) is 3.26. The standard InChI is InChI=1S/C16H16F4N2O4/c17-11-9(15(23)21-1-5-25-6-2-21)12(18)14(20)10(13(11)19)16(24)22-3-7-26-8-4-22/h1-8H2. The van der Waals surface area contributed by atoms with Gasteiger partial charge in [0.05, 0.1) is 26.4 Å². The van der Waals surface area contributed by atoms with Crippen molar-refractivity contribution in [2.45, 2.75) is 0 Å². The van der Waals surface area contributed by atoms with Crippen LogP contribution in [0.3, 0.4) is 0 Å². The lowest BCUT2D eigenvalue weighted by atomic mass is 10.0. The molecule has 1 aromatic carbocycles. The second-order valence-corrected chi connectivity index (χ2v) is 5.82. The second kappa shape index (κ2) is 7.58. The number of rotatable bonds is 2. The SMILES string of the molecule is O=C(c1c(F)c(F)c(C(=O)N2CCOCC2)c(F)c1F)N1CCOCC1. The van der Waals surface area contributed by atoms with Gasteiger partial charge in [-0.15, -0.1) is 0 Å². The molecule has 0 spiro atoms. The second-order valence-electron chi connectivity index (χ2n) is 5.82. The summed E-state index contributed by atoms with van der Waals surface area (Å²) in [7, 11) is 0. The van der Waals surface area contributed by atoms with Gasteiger partial charge in [0.25, 0.3) is 11.8 Å². The minimum Gasteiger partial charge on any atom is -0.378 e. The summed E-state index contributed by atoms with van der Waals surface area (Å²) in [6.45, 7) is 0.734. The van der Waals surface area contributed by atoms with E-state index in [4.69, 9.17) is 9.47 Å². The Morgan fingerprint density at radius 1 is 0.615 bits per heavy atom. The number of carbonyl (C=O) groups excluding carboxylic acids is 2. The van der Waals surface area contributed by atoms with E-state index in [1.165, 1.54) is 0 Å². The number of hydrogen-bond acceptors (Lipinski definition) is 4. The summed E-state index contributed by atoms with van der Waals surface area (Å²) in [5, 5.41) is 0. The molecule has 2 fully saturated rings. The fourth-order valence-electron chi connectivity index (χ4n) is 2.86. The highest BCUT2D eigenvalue weighted by Crippen LogP contribution is 2.27. The predicted molar refractivity (Wildman–Crippen MR) is 79.7 cm³/mol. The molecule has 0 radical (unpaired) electrons. The van der Waals surface area contributed by atoms with E-state index in [0.29, 0.717) is 0 Å². The van der Waals surface area contributed by atoms with E-state index in [9.17, 15) is 27.2 Å². The number of amides is 2. The Labute approximate surface area is 146 Å². The summed E-state index contributed by atoms with van der Waals surface area (Å²) >= 11 is 0. The maximum absolute atomic E-state index is 14.4. The van der Waals surface area contributed by atoms with Crippen molar-refractivity contribution in [2.24, 2.45) is 0 Å². The van der Waals surface area contributed by atoms with E-state index >= 15 is 0 Å². The summed E-state index contributed by atoms with van der Waals surface area (Å²) in [5.41, 5.74) is -2.69. The van der Waals surface area contributed by atoms with Gasteiger partial charge in [0, 0.05) is 26.2 Å². The molecule has 2 amide bonds. The first-order chi connectivity index (χ1) is 12.4. The zero-order valence-electron chi connectivity index (χ0n) is 13.7. The summed E-state index contributed by atoms with van der Waals surface area (Å²) in [6.07, 6.45) is 0. The van der Waals surface area contributed by atoms with E-state index in [2.05, 4.69) is 0 Å². The Kier molecular flexibility index (Phi) is 5.42. The van der Waals surface area contributed by atoms with Crippen molar-refractivity contribution < 1.29 is 36.6 Å². The Hall–Kier alpha value is -2.20. The van der Waals surface area contributed by atoms with Gasteiger partial charge in [-0.3, -0.25) is 9.59 Å². The van der Waals surface area contributed by atoms with Crippen molar-refractivity contribution in [3.05, 3.63) is 34.4 Å². The molecule has 0 bridgehead atoms. The van der Waals surface area contributed by atoms with Crippen LogP contribution in [0, 0.1) is 23.3 Å². The largest absolute Gasteiger partial charge is 0.378 e. The van der Waals surface area contributed by atoms with Crippen molar-refractivity contribution in [2.75, 3.05) is 52.6 Å². The minimum absolute atomic E-state index is 0.0371. The van der Waals surface area contributed by atoms with Crippen LogP contribution in [0.1, 0.15) is 20.7 Å². The van der Waals surface area contributed by atoms with Crippen LogP contribution in [0.4, 0.5) is 17.6 Å². The van der Waals surface area contributed by atoms with Gasteiger partial charge in [0.2, 0.25) is 0 Å². The van der Waals surface area contributed by atoms with E-state index in [-0.39, 0.29) is 52.6 Å². The van der Waals surface area contributed by atoms with Gasteiger partial charge in [0.1, 0.15) is 11.1 Å². The van der Waals surface area contributed by atoms with E-state index < -0.39 is 46.2 Å². The smallest absolute Gasteiger partial charge is 0.260 e. The molecule has 2 saturated heterocycles. The molecule has 2 aliphatic rings. The Bertz CT molecular complexity index is 641. The molecule has 2 heterocycles. The maximum atomic E-state index is 14.4. The molecule has 0 atom stereocenters. The molecule has 0 unspecified atom stereocenters. The number of hydrogen-bond donors (Lipinski definition) is 0. The lowest BCUT2D eigenvalue weighted by Crippen LogP contribution is -2.43. The van der Waals surface area contributed by atoms with Crippen LogP contribution in [0.15, 0.2) is 0 Å². The minimum atomic E-state index is -1.88. The molecule has 3 rings (SSSR count). The van der Waals surface area contributed by atoms with Crippen LogP contribution >= 0.6 is 0 Å². The van der Waals surface area contributed by atoms with Gasteiger partial charge in [-0.1, -0.05) is 0 Å². The van der Waals surface area contributed by atoms with Crippen LogP contribution < -0.4 is 0 Å². The van der Waals surface area contributed by atoms with Crippen molar-refractivity contribution in [1.29, 1.82) is 0 Å². The van der Waals surface area contributed by atoms with Gasteiger partial charge in [-0.25, -0.2) is 17.6 Å². The molecule has 142 valence electrons. The Morgan fingerprint density at radius 2 is 0.885 bits per heavy atom. The monoisotopic (exact) mass is 376 g/mol. The fourth-order valence-corrected chi connectivity index (χ4v) is 2.86. The lowest BCUT2D eigenvalue weighted by molar-refractivity contribution is 0.0285. The highest BCUT2D eigenvalue weighted by molar-refractivity contribution is 5.99. The first-order valence-electron chi connectivity index (χ1n) is 8.03. The highest BCUT2D eigenvalue weighted by Gasteiger charge is 2.36. The molecule has 6 nitrogen and oxygen atoms in total. The molecule has 0 aliphatic carbocycles. The summed E-state index contributed by atoms with van der Waals surface area (Å²) in [6, 6.07) is 0.